The summed E-state index contributed by atoms with van der Waals surface area (Å²) in [5.41, 5.74) is -0.553. The van der Waals surface area contributed by atoms with Gasteiger partial charge in [-0.25, -0.2) is 0 Å². The van der Waals surface area contributed by atoms with Crippen LogP contribution < -0.4 is 0 Å². The summed E-state index contributed by atoms with van der Waals surface area (Å²) in [7, 11) is 0. The molecule has 110 valence electrons. The third-order valence-electron chi connectivity index (χ3n) is 4.64. The van der Waals surface area contributed by atoms with Crippen molar-refractivity contribution in [1.29, 1.82) is 5.26 Å². The fourth-order valence-electron chi connectivity index (χ4n) is 3.00. The first-order valence-corrected chi connectivity index (χ1v) is 7.34. The molecule has 5 heteroatoms. The second kappa shape index (κ2) is 5.17. The molecule has 0 saturated heterocycles. The van der Waals surface area contributed by atoms with Gasteiger partial charge in [-0.3, -0.25) is 0 Å². The van der Waals surface area contributed by atoms with Crippen LogP contribution >= 0.6 is 0 Å². The SMILES string of the molecule is CCOC(CC)(CC)c1noc(C2C(C#N)C2(C)C)n1. The van der Waals surface area contributed by atoms with Crippen molar-refractivity contribution in [3.8, 4) is 6.07 Å². The number of hydrogen-bond donors (Lipinski definition) is 0. The Balaban J connectivity index is 2.28. The van der Waals surface area contributed by atoms with E-state index >= 15 is 0 Å². The van der Waals surface area contributed by atoms with E-state index in [1.807, 2.05) is 6.92 Å². The van der Waals surface area contributed by atoms with Crippen molar-refractivity contribution in [3.63, 3.8) is 0 Å². The number of ether oxygens (including phenoxy) is 1. The van der Waals surface area contributed by atoms with Gasteiger partial charge in [0.2, 0.25) is 11.7 Å². The van der Waals surface area contributed by atoms with Crippen LogP contribution in [0.15, 0.2) is 4.52 Å². The molecule has 1 saturated carbocycles. The van der Waals surface area contributed by atoms with Gasteiger partial charge >= 0.3 is 0 Å². The highest BCUT2D eigenvalue weighted by atomic mass is 16.5. The lowest BCUT2D eigenvalue weighted by molar-refractivity contribution is -0.0583. The van der Waals surface area contributed by atoms with E-state index in [1.165, 1.54) is 0 Å². The van der Waals surface area contributed by atoms with Crippen LogP contribution in [0, 0.1) is 22.7 Å². The molecule has 1 aliphatic carbocycles. The lowest BCUT2D eigenvalue weighted by Gasteiger charge is -2.27. The predicted molar refractivity (Wildman–Crippen MR) is 73.8 cm³/mol. The Bertz CT molecular complexity index is 511. The van der Waals surface area contributed by atoms with Gasteiger partial charge in [0.25, 0.3) is 0 Å². The van der Waals surface area contributed by atoms with Gasteiger partial charge in [-0.05, 0) is 25.2 Å². The second-order valence-electron chi connectivity index (χ2n) is 6.00. The topological polar surface area (TPSA) is 71.9 Å². The maximum Gasteiger partial charge on any atom is 0.231 e. The molecule has 1 aliphatic rings. The summed E-state index contributed by atoms with van der Waals surface area (Å²) < 4.78 is 11.3. The highest BCUT2D eigenvalue weighted by Gasteiger charge is 2.62. The van der Waals surface area contributed by atoms with E-state index in [-0.39, 0.29) is 17.3 Å². The van der Waals surface area contributed by atoms with Crippen molar-refractivity contribution in [2.24, 2.45) is 11.3 Å². The molecule has 1 aromatic rings. The van der Waals surface area contributed by atoms with Crippen molar-refractivity contribution < 1.29 is 9.26 Å². The van der Waals surface area contributed by atoms with Gasteiger partial charge in [-0.1, -0.05) is 32.9 Å². The summed E-state index contributed by atoms with van der Waals surface area (Å²) in [6.07, 6.45) is 1.60. The number of aromatic nitrogens is 2. The highest BCUT2D eigenvalue weighted by Crippen LogP contribution is 2.63. The van der Waals surface area contributed by atoms with Gasteiger partial charge in [0.15, 0.2) is 0 Å². The molecule has 0 amide bonds. The van der Waals surface area contributed by atoms with Crippen LogP contribution in [0.2, 0.25) is 0 Å². The Hall–Kier alpha value is -1.41. The molecule has 2 atom stereocenters. The monoisotopic (exact) mass is 277 g/mol. The average Bonchev–Trinajstić information content (AvgIpc) is 2.79. The van der Waals surface area contributed by atoms with E-state index < -0.39 is 5.60 Å². The molecule has 2 rings (SSSR count). The molecule has 1 aromatic heterocycles. The summed E-state index contributed by atoms with van der Waals surface area (Å²) in [6.45, 7) is 10.8. The molecule has 0 aliphatic heterocycles. The Morgan fingerprint density at radius 2 is 2.00 bits per heavy atom. The smallest absolute Gasteiger partial charge is 0.231 e. The van der Waals surface area contributed by atoms with Crippen molar-refractivity contribution in [1.82, 2.24) is 10.1 Å². The van der Waals surface area contributed by atoms with E-state index in [1.54, 1.807) is 0 Å². The van der Waals surface area contributed by atoms with Crippen molar-refractivity contribution in [3.05, 3.63) is 11.7 Å². The molecule has 1 heterocycles. The molecule has 20 heavy (non-hydrogen) atoms. The summed E-state index contributed by atoms with van der Waals surface area (Å²) in [5.74, 6) is 1.18. The molecule has 0 bridgehead atoms. The van der Waals surface area contributed by atoms with Gasteiger partial charge < -0.3 is 9.26 Å². The molecule has 0 aromatic carbocycles. The van der Waals surface area contributed by atoms with E-state index in [0.717, 1.165) is 12.8 Å². The quantitative estimate of drug-likeness (QED) is 0.797. The number of rotatable bonds is 6. The standard InChI is InChI=1S/C15H23N3O2/c1-6-15(7-2,19-8-3)13-17-12(20-18-13)11-10(9-16)14(11,4)5/h10-11H,6-8H2,1-5H3. The zero-order valence-corrected chi connectivity index (χ0v) is 12.9. The Morgan fingerprint density at radius 3 is 2.45 bits per heavy atom. The number of nitrogens with zero attached hydrogens (tertiary/aromatic N) is 3. The Kier molecular flexibility index (Phi) is 3.88. The van der Waals surface area contributed by atoms with Crippen LogP contribution in [-0.2, 0) is 10.3 Å². The molecule has 2 unspecified atom stereocenters. The van der Waals surface area contributed by atoms with Crippen molar-refractivity contribution >= 4 is 0 Å². The minimum atomic E-state index is -0.475. The fraction of sp³-hybridized carbons (Fsp3) is 0.800. The lowest BCUT2D eigenvalue weighted by Crippen LogP contribution is -2.29. The number of hydrogen-bond acceptors (Lipinski definition) is 5. The zero-order chi connectivity index (χ0) is 15.0. The molecular weight excluding hydrogens is 254 g/mol. The van der Waals surface area contributed by atoms with Crippen LogP contribution in [0.1, 0.15) is 65.1 Å². The third kappa shape index (κ3) is 2.12. The molecule has 0 radical (unpaired) electrons. The maximum absolute atomic E-state index is 9.15. The summed E-state index contributed by atoms with van der Waals surface area (Å²) in [5, 5.41) is 13.3. The first-order valence-electron chi connectivity index (χ1n) is 7.34. The molecule has 1 fully saturated rings. The predicted octanol–water partition coefficient (Wildman–Crippen LogP) is 3.38. The fourth-order valence-corrected chi connectivity index (χ4v) is 3.00. The van der Waals surface area contributed by atoms with E-state index in [4.69, 9.17) is 14.5 Å². The largest absolute Gasteiger partial charge is 0.367 e. The van der Waals surface area contributed by atoms with Gasteiger partial charge in [-0.2, -0.15) is 10.2 Å². The second-order valence-corrected chi connectivity index (χ2v) is 6.00. The van der Waals surface area contributed by atoms with Crippen LogP contribution in [0.5, 0.6) is 0 Å². The lowest BCUT2D eigenvalue weighted by atomic mass is 9.96. The molecule has 5 nitrogen and oxygen atoms in total. The average molecular weight is 277 g/mol. The van der Waals surface area contributed by atoms with Crippen LogP contribution in [0.3, 0.4) is 0 Å². The van der Waals surface area contributed by atoms with Crippen molar-refractivity contribution in [2.45, 2.75) is 59.0 Å². The summed E-state index contributed by atoms with van der Waals surface area (Å²) in [4.78, 5) is 4.54. The van der Waals surface area contributed by atoms with E-state index in [9.17, 15) is 0 Å². The molecule has 0 N–H and O–H groups in total. The van der Waals surface area contributed by atoms with Gasteiger partial charge in [0.05, 0.1) is 17.9 Å². The maximum atomic E-state index is 9.15. The zero-order valence-electron chi connectivity index (χ0n) is 12.9. The molecule has 0 spiro atoms. The van der Waals surface area contributed by atoms with Gasteiger partial charge in [0.1, 0.15) is 5.60 Å². The van der Waals surface area contributed by atoms with Crippen LogP contribution in [0.4, 0.5) is 0 Å². The first-order chi connectivity index (χ1) is 9.46. The minimum Gasteiger partial charge on any atom is -0.367 e. The van der Waals surface area contributed by atoms with E-state index in [0.29, 0.717) is 18.3 Å². The van der Waals surface area contributed by atoms with Gasteiger partial charge in [0, 0.05) is 6.61 Å². The summed E-state index contributed by atoms with van der Waals surface area (Å²) >= 11 is 0. The van der Waals surface area contributed by atoms with Crippen LogP contribution in [0.25, 0.3) is 0 Å². The van der Waals surface area contributed by atoms with Crippen molar-refractivity contribution in [2.75, 3.05) is 6.61 Å². The minimum absolute atomic E-state index is 0.0412. The summed E-state index contributed by atoms with van der Waals surface area (Å²) in [6, 6.07) is 2.32. The highest BCUT2D eigenvalue weighted by molar-refractivity contribution is 5.26. The Morgan fingerprint density at radius 1 is 1.35 bits per heavy atom. The third-order valence-corrected chi connectivity index (χ3v) is 4.64. The number of nitriles is 1. The normalized spacial score (nSPS) is 24.4. The van der Waals surface area contributed by atoms with E-state index in [2.05, 4.69) is 43.9 Å². The van der Waals surface area contributed by atoms with Gasteiger partial charge in [-0.15, -0.1) is 0 Å². The first kappa shape index (κ1) is 15.0. The Labute approximate surface area is 120 Å². The molecular formula is C15H23N3O2. The van der Waals surface area contributed by atoms with Crippen LogP contribution in [-0.4, -0.2) is 16.7 Å².